The van der Waals surface area contributed by atoms with Crippen LogP contribution in [0.1, 0.15) is 29.6 Å². The zero-order valence-corrected chi connectivity index (χ0v) is 11.9. The van der Waals surface area contributed by atoms with E-state index in [1.807, 2.05) is 0 Å². The second kappa shape index (κ2) is 6.40. The fourth-order valence-electron chi connectivity index (χ4n) is 2.28. The summed E-state index contributed by atoms with van der Waals surface area (Å²) in [7, 11) is 3.16. The molecular weight excluding hydrogens is 260 g/mol. The molecule has 7 nitrogen and oxygen atoms in total. The molecule has 1 fully saturated rings. The first kappa shape index (κ1) is 14.4. The Bertz CT molecular complexity index is 492. The minimum atomic E-state index is -0.347. The number of rotatable bonds is 4. The van der Waals surface area contributed by atoms with Crippen LogP contribution in [0.2, 0.25) is 0 Å². The molecule has 0 bridgehead atoms. The summed E-state index contributed by atoms with van der Waals surface area (Å²) >= 11 is 0. The lowest BCUT2D eigenvalue weighted by molar-refractivity contribution is -0.130. The molecular formula is C13H20N4O3. The zero-order chi connectivity index (χ0) is 14.5. The molecule has 2 amide bonds. The predicted octanol–water partition coefficient (Wildman–Crippen LogP) is 0.171. The van der Waals surface area contributed by atoms with Crippen molar-refractivity contribution >= 4 is 11.8 Å². The minimum absolute atomic E-state index is 0.0108. The largest absolute Gasteiger partial charge is 0.479 e. The van der Waals surface area contributed by atoms with Crippen molar-refractivity contribution in [3.05, 3.63) is 11.8 Å². The summed E-state index contributed by atoms with van der Waals surface area (Å²) in [6.07, 6.45) is 4.81. The number of likely N-dealkylation sites (tertiary alicyclic amines) is 1. The average Bonchev–Trinajstić information content (AvgIpc) is 2.86. The Balaban J connectivity index is 1.89. The maximum Gasteiger partial charge on any atom is 0.258 e. The van der Waals surface area contributed by atoms with Crippen LogP contribution in [-0.4, -0.2) is 53.2 Å². The van der Waals surface area contributed by atoms with Crippen LogP contribution in [0.15, 0.2) is 6.20 Å². The lowest BCUT2D eigenvalue weighted by Crippen LogP contribution is -2.42. The summed E-state index contributed by atoms with van der Waals surface area (Å²) in [5.41, 5.74) is 0.335. The maximum absolute atomic E-state index is 12.0. The summed E-state index contributed by atoms with van der Waals surface area (Å²) in [5, 5.41) is 6.63. The highest BCUT2D eigenvalue weighted by molar-refractivity contribution is 5.98. The fraction of sp³-hybridized carbons (Fsp3) is 0.615. The van der Waals surface area contributed by atoms with Crippen LogP contribution in [0.3, 0.4) is 0 Å². The highest BCUT2D eigenvalue weighted by atomic mass is 16.5. The first-order valence-electron chi connectivity index (χ1n) is 6.75. The zero-order valence-electron chi connectivity index (χ0n) is 11.9. The number of aromatic nitrogens is 2. The van der Waals surface area contributed by atoms with Gasteiger partial charge in [0.05, 0.1) is 13.7 Å². The second-order valence-corrected chi connectivity index (χ2v) is 4.85. The Morgan fingerprint density at radius 2 is 2.05 bits per heavy atom. The number of piperidine rings is 1. The predicted molar refractivity (Wildman–Crippen MR) is 72.5 cm³/mol. The van der Waals surface area contributed by atoms with Crippen molar-refractivity contribution in [1.82, 2.24) is 20.0 Å². The van der Waals surface area contributed by atoms with Crippen LogP contribution in [0, 0.1) is 0 Å². The summed E-state index contributed by atoms with van der Waals surface area (Å²) in [5.74, 6) is -0.128. The molecule has 1 saturated heterocycles. The van der Waals surface area contributed by atoms with Crippen molar-refractivity contribution in [2.75, 3.05) is 26.7 Å². The molecule has 2 rings (SSSR count). The molecule has 0 spiro atoms. The van der Waals surface area contributed by atoms with E-state index in [2.05, 4.69) is 10.4 Å². The Hall–Kier alpha value is -2.05. The van der Waals surface area contributed by atoms with E-state index in [9.17, 15) is 9.59 Å². The Morgan fingerprint density at radius 1 is 1.35 bits per heavy atom. The van der Waals surface area contributed by atoms with Gasteiger partial charge in [-0.3, -0.25) is 14.3 Å². The van der Waals surface area contributed by atoms with Crippen molar-refractivity contribution < 1.29 is 14.3 Å². The van der Waals surface area contributed by atoms with Gasteiger partial charge in [-0.15, -0.1) is 5.10 Å². The van der Waals surface area contributed by atoms with Gasteiger partial charge in [-0.05, 0) is 19.3 Å². The molecule has 110 valence electrons. The van der Waals surface area contributed by atoms with Gasteiger partial charge < -0.3 is 15.0 Å². The number of hydrogen-bond acceptors (Lipinski definition) is 4. The van der Waals surface area contributed by atoms with Crippen LogP contribution in [0.4, 0.5) is 0 Å². The van der Waals surface area contributed by atoms with Crippen molar-refractivity contribution in [3.8, 4) is 5.88 Å². The Morgan fingerprint density at radius 3 is 2.70 bits per heavy atom. The van der Waals surface area contributed by atoms with E-state index in [0.717, 1.165) is 25.9 Å². The van der Waals surface area contributed by atoms with E-state index in [0.29, 0.717) is 5.56 Å². The quantitative estimate of drug-likeness (QED) is 0.853. The van der Waals surface area contributed by atoms with E-state index in [1.54, 1.807) is 18.1 Å². The minimum Gasteiger partial charge on any atom is -0.479 e. The molecule has 0 atom stereocenters. The molecule has 7 heteroatoms. The Kier molecular flexibility index (Phi) is 4.60. The third-order valence-electron chi connectivity index (χ3n) is 3.34. The number of aryl methyl sites for hydroxylation is 1. The lowest BCUT2D eigenvalue weighted by atomic mass is 10.1. The van der Waals surface area contributed by atoms with E-state index in [-0.39, 0.29) is 24.2 Å². The van der Waals surface area contributed by atoms with Gasteiger partial charge in [0.15, 0.2) is 0 Å². The molecule has 1 aliphatic heterocycles. The molecule has 20 heavy (non-hydrogen) atoms. The number of ether oxygens (including phenoxy) is 1. The van der Waals surface area contributed by atoms with E-state index >= 15 is 0 Å². The fourth-order valence-corrected chi connectivity index (χ4v) is 2.28. The molecule has 0 radical (unpaired) electrons. The van der Waals surface area contributed by atoms with Crippen molar-refractivity contribution in [2.24, 2.45) is 7.05 Å². The second-order valence-electron chi connectivity index (χ2n) is 4.85. The maximum atomic E-state index is 12.0. The summed E-state index contributed by atoms with van der Waals surface area (Å²) in [6.45, 7) is 1.58. The number of carbonyl (C=O) groups is 2. The number of nitrogens with zero attached hydrogens (tertiary/aromatic N) is 3. The van der Waals surface area contributed by atoms with Crippen LogP contribution in [0.25, 0.3) is 0 Å². The molecule has 0 aromatic carbocycles. The number of nitrogens with one attached hydrogen (secondary N) is 1. The molecule has 0 aliphatic carbocycles. The van der Waals surface area contributed by atoms with Gasteiger partial charge in [-0.25, -0.2) is 0 Å². The van der Waals surface area contributed by atoms with Gasteiger partial charge in [0.2, 0.25) is 11.8 Å². The van der Waals surface area contributed by atoms with Gasteiger partial charge in [0.1, 0.15) is 5.56 Å². The molecule has 1 aromatic heterocycles. The topological polar surface area (TPSA) is 76.5 Å². The molecule has 1 aromatic rings. The highest BCUT2D eigenvalue weighted by Crippen LogP contribution is 2.14. The van der Waals surface area contributed by atoms with Crippen LogP contribution < -0.4 is 10.1 Å². The van der Waals surface area contributed by atoms with Gasteiger partial charge in [-0.2, -0.15) is 0 Å². The Labute approximate surface area is 117 Å². The van der Waals surface area contributed by atoms with Crippen LogP contribution in [-0.2, 0) is 11.8 Å². The standard InChI is InChI=1S/C13H20N4O3/c1-16-9-10(13(15-16)20-2)12(19)14-8-11(18)17-6-4-3-5-7-17/h9H,3-8H2,1-2H3,(H,14,19). The van der Waals surface area contributed by atoms with Crippen molar-refractivity contribution in [3.63, 3.8) is 0 Å². The average molecular weight is 280 g/mol. The summed E-state index contributed by atoms with van der Waals surface area (Å²) in [4.78, 5) is 25.8. The summed E-state index contributed by atoms with van der Waals surface area (Å²) in [6, 6.07) is 0. The van der Waals surface area contributed by atoms with E-state index < -0.39 is 0 Å². The first-order valence-corrected chi connectivity index (χ1v) is 6.75. The van der Waals surface area contributed by atoms with Crippen molar-refractivity contribution in [1.29, 1.82) is 0 Å². The van der Waals surface area contributed by atoms with Gasteiger partial charge in [0, 0.05) is 26.3 Å². The van der Waals surface area contributed by atoms with E-state index in [4.69, 9.17) is 4.74 Å². The molecule has 2 heterocycles. The number of methoxy groups -OCH3 is 1. The highest BCUT2D eigenvalue weighted by Gasteiger charge is 2.20. The smallest absolute Gasteiger partial charge is 0.258 e. The molecule has 1 N–H and O–H groups in total. The third kappa shape index (κ3) is 3.28. The molecule has 1 aliphatic rings. The van der Waals surface area contributed by atoms with Gasteiger partial charge >= 0.3 is 0 Å². The SMILES string of the molecule is COc1nn(C)cc1C(=O)NCC(=O)N1CCCCC1. The molecule has 0 unspecified atom stereocenters. The number of amides is 2. The normalized spacial score (nSPS) is 15.0. The first-order chi connectivity index (χ1) is 9.61. The van der Waals surface area contributed by atoms with E-state index in [1.165, 1.54) is 18.2 Å². The number of hydrogen-bond donors (Lipinski definition) is 1. The lowest BCUT2D eigenvalue weighted by Gasteiger charge is -2.26. The summed E-state index contributed by atoms with van der Waals surface area (Å²) < 4.78 is 6.52. The van der Waals surface area contributed by atoms with Crippen LogP contribution >= 0.6 is 0 Å². The van der Waals surface area contributed by atoms with Gasteiger partial charge in [-0.1, -0.05) is 0 Å². The number of carbonyl (C=O) groups excluding carboxylic acids is 2. The van der Waals surface area contributed by atoms with Crippen LogP contribution in [0.5, 0.6) is 5.88 Å². The van der Waals surface area contributed by atoms with Crippen molar-refractivity contribution in [2.45, 2.75) is 19.3 Å². The monoisotopic (exact) mass is 280 g/mol. The van der Waals surface area contributed by atoms with Gasteiger partial charge in [0.25, 0.3) is 5.91 Å². The third-order valence-corrected chi connectivity index (χ3v) is 3.34. The molecule has 0 saturated carbocycles.